The number of piperidine rings is 1. The first-order valence-corrected chi connectivity index (χ1v) is 10.6. The molecule has 0 amide bonds. The molecule has 1 aromatic carbocycles. The number of nitrogens with one attached hydrogen (secondary N) is 1. The zero-order valence-electron chi connectivity index (χ0n) is 18.2. The second-order valence-corrected chi connectivity index (χ2v) is 8.47. The molecular formula is C22H30N6O2. The first-order chi connectivity index (χ1) is 14.5. The molecule has 2 aromatic heterocycles. The number of rotatable bonds is 6. The minimum Gasteiger partial charge on any atom is -0.383 e. The Morgan fingerprint density at radius 2 is 2.00 bits per heavy atom. The summed E-state index contributed by atoms with van der Waals surface area (Å²) in [6, 6.07) is 5.93. The van der Waals surface area contributed by atoms with Crippen molar-refractivity contribution in [2.75, 3.05) is 26.8 Å². The summed E-state index contributed by atoms with van der Waals surface area (Å²) in [5, 5.41) is 13.5. The van der Waals surface area contributed by atoms with Crippen LogP contribution in [0.1, 0.15) is 48.3 Å². The molecule has 0 bridgehead atoms. The smallest absolute Gasteiger partial charge is 0.253 e. The Morgan fingerprint density at radius 1 is 1.23 bits per heavy atom. The van der Waals surface area contributed by atoms with Crippen LogP contribution in [0, 0.1) is 19.8 Å². The molecule has 8 nitrogen and oxygen atoms in total. The quantitative estimate of drug-likeness (QED) is 0.672. The number of pyridine rings is 1. The highest BCUT2D eigenvalue weighted by molar-refractivity contribution is 5.83. The van der Waals surface area contributed by atoms with Crippen molar-refractivity contribution < 1.29 is 4.74 Å². The molecule has 1 fully saturated rings. The molecule has 8 heteroatoms. The predicted molar refractivity (Wildman–Crippen MR) is 116 cm³/mol. The van der Waals surface area contributed by atoms with Crippen LogP contribution in [0.4, 0.5) is 0 Å². The number of methoxy groups -OCH3 is 1. The molecule has 1 N–H and O–H groups in total. The number of tetrazole rings is 1. The maximum atomic E-state index is 13.3. The zero-order chi connectivity index (χ0) is 21.3. The first-order valence-electron chi connectivity index (χ1n) is 10.6. The van der Waals surface area contributed by atoms with Gasteiger partial charge in [-0.25, -0.2) is 4.68 Å². The summed E-state index contributed by atoms with van der Waals surface area (Å²) in [5.74, 6) is 1.38. The molecule has 1 aliphatic rings. The van der Waals surface area contributed by atoms with E-state index in [2.05, 4.69) is 51.4 Å². The van der Waals surface area contributed by atoms with Crippen molar-refractivity contribution >= 4 is 10.9 Å². The van der Waals surface area contributed by atoms with Crippen LogP contribution < -0.4 is 5.56 Å². The minimum atomic E-state index is -0.293. The van der Waals surface area contributed by atoms with E-state index in [-0.39, 0.29) is 11.6 Å². The number of hydrogen-bond acceptors (Lipinski definition) is 6. The van der Waals surface area contributed by atoms with Crippen LogP contribution in [0.2, 0.25) is 0 Å². The van der Waals surface area contributed by atoms with Crippen LogP contribution in [0.5, 0.6) is 0 Å². The third kappa shape index (κ3) is 4.02. The Hall–Kier alpha value is -2.58. The number of aromatic amines is 1. The average Bonchev–Trinajstić information content (AvgIpc) is 3.17. The monoisotopic (exact) mass is 410 g/mol. The van der Waals surface area contributed by atoms with Gasteiger partial charge in [-0.05, 0) is 79.2 Å². The highest BCUT2D eigenvalue weighted by atomic mass is 16.5. The van der Waals surface area contributed by atoms with E-state index in [0.29, 0.717) is 30.5 Å². The molecule has 0 spiro atoms. The summed E-state index contributed by atoms with van der Waals surface area (Å²) in [4.78, 5) is 18.7. The highest BCUT2D eigenvalue weighted by Gasteiger charge is 2.32. The lowest BCUT2D eigenvalue weighted by molar-refractivity contribution is 0.144. The summed E-state index contributed by atoms with van der Waals surface area (Å²) >= 11 is 0. The van der Waals surface area contributed by atoms with Gasteiger partial charge < -0.3 is 9.72 Å². The lowest BCUT2D eigenvalue weighted by Crippen LogP contribution is -2.40. The lowest BCUT2D eigenvalue weighted by Gasteiger charge is -2.35. The number of fused-ring (bicyclic) bond motifs is 1. The van der Waals surface area contributed by atoms with Gasteiger partial charge in [0, 0.05) is 12.7 Å². The molecule has 1 saturated heterocycles. The molecule has 3 heterocycles. The minimum absolute atomic E-state index is 0.0839. The third-order valence-corrected chi connectivity index (χ3v) is 6.11. The SMILES string of the molecule is COCCn1nnnc1[C@H](c1cc2cc(C)cc(C)c2[nH]c1=O)N1CCC(C)CC1. The Kier molecular flexibility index (Phi) is 5.97. The largest absolute Gasteiger partial charge is 0.383 e. The fourth-order valence-corrected chi connectivity index (χ4v) is 4.44. The molecule has 1 atom stereocenters. The van der Waals surface area contributed by atoms with Crippen LogP contribution in [0.3, 0.4) is 0 Å². The molecule has 0 unspecified atom stereocenters. The number of aromatic nitrogens is 5. The van der Waals surface area contributed by atoms with Gasteiger partial charge in [-0.2, -0.15) is 0 Å². The molecular weight excluding hydrogens is 380 g/mol. The van der Waals surface area contributed by atoms with Gasteiger partial charge in [-0.15, -0.1) is 5.10 Å². The number of H-pyrrole nitrogens is 1. The van der Waals surface area contributed by atoms with Crippen molar-refractivity contribution in [1.82, 2.24) is 30.1 Å². The van der Waals surface area contributed by atoms with Crippen molar-refractivity contribution in [1.29, 1.82) is 0 Å². The summed E-state index contributed by atoms with van der Waals surface area (Å²) in [6.07, 6.45) is 2.19. The second-order valence-electron chi connectivity index (χ2n) is 8.47. The van der Waals surface area contributed by atoms with Crippen molar-refractivity contribution in [3.05, 3.63) is 51.1 Å². The van der Waals surface area contributed by atoms with E-state index in [1.807, 2.05) is 13.0 Å². The maximum absolute atomic E-state index is 13.3. The van der Waals surface area contributed by atoms with Gasteiger partial charge in [-0.1, -0.05) is 18.6 Å². The van der Waals surface area contributed by atoms with E-state index in [1.54, 1.807) is 11.8 Å². The number of hydrogen-bond donors (Lipinski definition) is 1. The van der Waals surface area contributed by atoms with E-state index in [9.17, 15) is 4.79 Å². The van der Waals surface area contributed by atoms with Crippen molar-refractivity contribution in [3.63, 3.8) is 0 Å². The number of benzene rings is 1. The van der Waals surface area contributed by atoms with Gasteiger partial charge in [0.05, 0.1) is 18.7 Å². The number of nitrogens with zero attached hydrogens (tertiary/aromatic N) is 5. The van der Waals surface area contributed by atoms with Crippen LogP contribution in [0.15, 0.2) is 23.0 Å². The van der Waals surface area contributed by atoms with Gasteiger partial charge in [0.2, 0.25) is 0 Å². The summed E-state index contributed by atoms with van der Waals surface area (Å²) in [7, 11) is 1.66. The Labute approximate surface area is 176 Å². The Morgan fingerprint density at radius 3 is 2.73 bits per heavy atom. The molecule has 0 aliphatic carbocycles. The van der Waals surface area contributed by atoms with Crippen molar-refractivity contribution in [3.8, 4) is 0 Å². The van der Waals surface area contributed by atoms with Crippen LogP contribution in [0.25, 0.3) is 10.9 Å². The van der Waals surface area contributed by atoms with Crippen molar-refractivity contribution in [2.45, 2.75) is 46.2 Å². The molecule has 4 rings (SSSR count). The van der Waals surface area contributed by atoms with E-state index in [0.717, 1.165) is 42.4 Å². The van der Waals surface area contributed by atoms with Gasteiger partial charge >= 0.3 is 0 Å². The molecule has 160 valence electrons. The van der Waals surface area contributed by atoms with Crippen LogP contribution in [-0.2, 0) is 11.3 Å². The Bertz CT molecular complexity index is 1080. The predicted octanol–water partition coefficient (Wildman–Crippen LogP) is 2.60. The molecule has 30 heavy (non-hydrogen) atoms. The fraction of sp³-hybridized carbons (Fsp3) is 0.545. The summed E-state index contributed by atoms with van der Waals surface area (Å²) < 4.78 is 6.99. The zero-order valence-corrected chi connectivity index (χ0v) is 18.2. The number of likely N-dealkylation sites (tertiary alicyclic amines) is 1. The standard InChI is InChI=1S/C22H30N6O2/c1-14-5-7-27(8-6-14)20(21-24-25-26-28(21)9-10-30-4)18-13-17-12-15(2)11-16(3)19(17)23-22(18)29/h11-14,20H,5-10H2,1-4H3,(H,23,29)/t20-/m0/s1. The van der Waals surface area contributed by atoms with Gasteiger partial charge in [0.15, 0.2) is 5.82 Å². The molecule has 0 saturated carbocycles. The van der Waals surface area contributed by atoms with Crippen molar-refractivity contribution in [2.24, 2.45) is 5.92 Å². The van der Waals surface area contributed by atoms with E-state index in [4.69, 9.17) is 4.74 Å². The third-order valence-electron chi connectivity index (χ3n) is 6.11. The topological polar surface area (TPSA) is 88.9 Å². The Balaban J connectivity index is 1.85. The maximum Gasteiger partial charge on any atom is 0.253 e. The lowest BCUT2D eigenvalue weighted by atomic mass is 9.95. The van der Waals surface area contributed by atoms with Gasteiger partial charge in [0.25, 0.3) is 5.56 Å². The highest BCUT2D eigenvalue weighted by Crippen LogP contribution is 2.31. The fourth-order valence-electron chi connectivity index (χ4n) is 4.44. The number of ether oxygens (including phenoxy) is 1. The van der Waals surface area contributed by atoms with Gasteiger partial charge in [0.1, 0.15) is 6.04 Å². The van der Waals surface area contributed by atoms with E-state index < -0.39 is 0 Å². The first kappa shape index (κ1) is 20.7. The summed E-state index contributed by atoms with van der Waals surface area (Å²) in [5.41, 5.74) is 3.74. The molecule has 3 aromatic rings. The van der Waals surface area contributed by atoms with Gasteiger partial charge in [-0.3, -0.25) is 9.69 Å². The number of aryl methyl sites for hydroxylation is 2. The van der Waals surface area contributed by atoms with Crippen LogP contribution in [-0.4, -0.2) is 56.9 Å². The summed E-state index contributed by atoms with van der Waals surface area (Å²) in [6.45, 7) is 9.26. The van der Waals surface area contributed by atoms with E-state index >= 15 is 0 Å². The normalized spacial score (nSPS) is 16.9. The molecule has 0 radical (unpaired) electrons. The molecule has 1 aliphatic heterocycles. The second kappa shape index (κ2) is 8.65. The van der Waals surface area contributed by atoms with Crippen LogP contribution >= 0.6 is 0 Å². The van der Waals surface area contributed by atoms with E-state index in [1.165, 1.54) is 5.56 Å². The average molecular weight is 411 g/mol.